The fourth-order valence-corrected chi connectivity index (χ4v) is 3.07. The summed E-state index contributed by atoms with van der Waals surface area (Å²) in [6, 6.07) is 14.2. The van der Waals surface area contributed by atoms with Gasteiger partial charge in [-0.1, -0.05) is 0 Å². The predicted octanol–water partition coefficient (Wildman–Crippen LogP) is 3.24. The second-order valence-electron chi connectivity index (χ2n) is 6.25. The molecule has 3 aromatic rings. The van der Waals surface area contributed by atoms with Crippen molar-refractivity contribution in [1.82, 2.24) is 10.2 Å². The number of carbonyl (C=O) groups excluding carboxylic acids is 2. The number of furan rings is 2. The predicted molar refractivity (Wildman–Crippen MR) is 98.2 cm³/mol. The summed E-state index contributed by atoms with van der Waals surface area (Å²) in [4.78, 5) is 28.1. The van der Waals surface area contributed by atoms with Crippen LogP contribution >= 0.6 is 0 Å². The second-order valence-corrected chi connectivity index (χ2v) is 6.25. The summed E-state index contributed by atoms with van der Waals surface area (Å²) in [7, 11) is 0. The minimum atomic E-state index is -0.139. The summed E-state index contributed by atoms with van der Waals surface area (Å²) in [6.07, 6.45) is 3.17. The molecule has 0 unspecified atom stereocenters. The normalized spacial score (nSPS) is 13.6. The van der Waals surface area contributed by atoms with E-state index in [1.54, 1.807) is 58.7 Å². The van der Waals surface area contributed by atoms with Crippen molar-refractivity contribution >= 4 is 17.6 Å². The molecule has 1 aliphatic heterocycles. The SMILES string of the molecule is O=C(c1ccc(N2CCNC2=O)cc1)N(Cc1ccco1)Cc1ccco1. The van der Waals surface area contributed by atoms with Gasteiger partial charge >= 0.3 is 6.03 Å². The molecule has 1 aliphatic rings. The third kappa shape index (κ3) is 3.72. The van der Waals surface area contributed by atoms with Crippen LogP contribution in [0.15, 0.2) is 69.9 Å². The summed E-state index contributed by atoms with van der Waals surface area (Å²) < 4.78 is 10.8. The van der Waals surface area contributed by atoms with Gasteiger partial charge in [-0.05, 0) is 48.5 Å². The van der Waals surface area contributed by atoms with Crippen molar-refractivity contribution in [2.45, 2.75) is 13.1 Å². The van der Waals surface area contributed by atoms with Gasteiger partial charge in [0.2, 0.25) is 0 Å². The standard InChI is InChI=1S/C20H19N3O4/c24-19(15-5-7-16(8-6-15)23-10-9-21-20(23)25)22(13-17-3-1-11-26-17)14-18-4-2-12-27-18/h1-8,11-12H,9-10,13-14H2,(H,21,25). The first-order valence-corrected chi connectivity index (χ1v) is 8.70. The maximum absolute atomic E-state index is 13.0. The van der Waals surface area contributed by atoms with Gasteiger partial charge in [0.1, 0.15) is 11.5 Å². The van der Waals surface area contributed by atoms with Crippen LogP contribution in [-0.4, -0.2) is 29.9 Å². The van der Waals surface area contributed by atoms with Crippen LogP contribution in [0.4, 0.5) is 10.5 Å². The smallest absolute Gasteiger partial charge is 0.321 e. The number of amides is 3. The van der Waals surface area contributed by atoms with Crippen LogP contribution in [0.2, 0.25) is 0 Å². The molecule has 1 saturated heterocycles. The molecule has 1 aromatic carbocycles. The van der Waals surface area contributed by atoms with Gasteiger partial charge < -0.3 is 19.1 Å². The number of urea groups is 1. The molecule has 27 heavy (non-hydrogen) atoms. The topological polar surface area (TPSA) is 78.9 Å². The van der Waals surface area contributed by atoms with E-state index < -0.39 is 0 Å². The summed E-state index contributed by atoms with van der Waals surface area (Å²) in [6.45, 7) is 1.92. The lowest BCUT2D eigenvalue weighted by Gasteiger charge is -2.21. The summed E-state index contributed by atoms with van der Waals surface area (Å²) >= 11 is 0. The van der Waals surface area contributed by atoms with Crippen LogP contribution in [0.3, 0.4) is 0 Å². The zero-order valence-electron chi connectivity index (χ0n) is 14.6. The summed E-state index contributed by atoms with van der Waals surface area (Å²) in [5, 5.41) is 2.76. The van der Waals surface area contributed by atoms with Gasteiger partial charge in [0.05, 0.1) is 25.6 Å². The second kappa shape index (κ2) is 7.41. The van der Waals surface area contributed by atoms with Crippen molar-refractivity contribution in [3.63, 3.8) is 0 Å². The first-order valence-electron chi connectivity index (χ1n) is 8.70. The van der Waals surface area contributed by atoms with E-state index in [4.69, 9.17) is 8.83 Å². The summed E-state index contributed by atoms with van der Waals surface area (Å²) in [5.41, 5.74) is 1.31. The van der Waals surface area contributed by atoms with Gasteiger partial charge in [-0.2, -0.15) is 0 Å². The van der Waals surface area contributed by atoms with E-state index in [2.05, 4.69) is 5.32 Å². The van der Waals surface area contributed by atoms with E-state index in [-0.39, 0.29) is 11.9 Å². The average molecular weight is 365 g/mol. The van der Waals surface area contributed by atoms with Crippen LogP contribution in [0.1, 0.15) is 21.9 Å². The van der Waals surface area contributed by atoms with Gasteiger partial charge in [-0.15, -0.1) is 0 Å². The molecule has 1 N–H and O–H groups in total. The van der Waals surface area contributed by atoms with Crippen molar-refractivity contribution < 1.29 is 18.4 Å². The molecule has 0 bridgehead atoms. The fraction of sp³-hybridized carbons (Fsp3) is 0.200. The van der Waals surface area contributed by atoms with E-state index in [1.807, 2.05) is 12.1 Å². The largest absolute Gasteiger partial charge is 0.467 e. The maximum atomic E-state index is 13.0. The Bertz CT molecular complexity index is 865. The number of hydrogen-bond donors (Lipinski definition) is 1. The van der Waals surface area contributed by atoms with Crippen LogP contribution in [0, 0.1) is 0 Å². The number of anilines is 1. The van der Waals surface area contributed by atoms with Crippen molar-refractivity contribution in [2.75, 3.05) is 18.0 Å². The van der Waals surface area contributed by atoms with Crippen LogP contribution in [0.25, 0.3) is 0 Å². The Kier molecular flexibility index (Phi) is 4.65. The molecule has 7 nitrogen and oxygen atoms in total. The van der Waals surface area contributed by atoms with Gasteiger partial charge in [0, 0.05) is 24.3 Å². The lowest BCUT2D eigenvalue weighted by molar-refractivity contribution is 0.0705. The van der Waals surface area contributed by atoms with Crippen molar-refractivity contribution in [1.29, 1.82) is 0 Å². The number of nitrogens with one attached hydrogen (secondary N) is 1. The molecule has 138 valence electrons. The molecule has 0 radical (unpaired) electrons. The first kappa shape index (κ1) is 17.0. The van der Waals surface area contributed by atoms with Crippen LogP contribution < -0.4 is 10.2 Å². The Labute approximate surface area is 156 Å². The highest BCUT2D eigenvalue weighted by Crippen LogP contribution is 2.20. The third-order valence-corrected chi connectivity index (χ3v) is 4.42. The Morgan fingerprint density at radius 3 is 2.11 bits per heavy atom. The monoisotopic (exact) mass is 365 g/mol. The average Bonchev–Trinajstić information content (AvgIpc) is 3.44. The van der Waals surface area contributed by atoms with Gasteiger partial charge in [0.25, 0.3) is 5.91 Å². The van der Waals surface area contributed by atoms with Gasteiger partial charge in [-0.3, -0.25) is 9.69 Å². The lowest BCUT2D eigenvalue weighted by Crippen LogP contribution is -2.30. The quantitative estimate of drug-likeness (QED) is 0.727. The zero-order chi connectivity index (χ0) is 18.6. The van der Waals surface area contributed by atoms with Crippen LogP contribution in [0.5, 0.6) is 0 Å². The van der Waals surface area contributed by atoms with E-state index in [1.165, 1.54) is 0 Å². The first-order chi connectivity index (χ1) is 13.2. The highest BCUT2D eigenvalue weighted by molar-refractivity contribution is 5.97. The number of benzene rings is 1. The minimum Gasteiger partial charge on any atom is -0.467 e. The molecule has 0 atom stereocenters. The highest BCUT2D eigenvalue weighted by atomic mass is 16.3. The number of rotatable bonds is 6. The lowest BCUT2D eigenvalue weighted by atomic mass is 10.1. The molecular weight excluding hydrogens is 346 g/mol. The number of carbonyl (C=O) groups is 2. The third-order valence-electron chi connectivity index (χ3n) is 4.42. The molecule has 2 aromatic heterocycles. The van der Waals surface area contributed by atoms with Gasteiger partial charge in [-0.25, -0.2) is 4.79 Å². The van der Waals surface area contributed by atoms with Crippen molar-refractivity contribution in [3.05, 3.63) is 78.1 Å². The fourth-order valence-electron chi connectivity index (χ4n) is 3.07. The van der Waals surface area contributed by atoms with Crippen molar-refractivity contribution in [3.8, 4) is 0 Å². The number of hydrogen-bond acceptors (Lipinski definition) is 4. The molecule has 4 rings (SSSR count). The molecule has 0 aliphatic carbocycles. The van der Waals surface area contributed by atoms with E-state index in [0.717, 1.165) is 5.69 Å². The minimum absolute atomic E-state index is 0.119. The number of nitrogens with zero attached hydrogens (tertiary/aromatic N) is 2. The maximum Gasteiger partial charge on any atom is 0.321 e. The Hall–Kier alpha value is -3.48. The molecule has 0 saturated carbocycles. The molecule has 3 heterocycles. The van der Waals surface area contributed by atoms with Gasteiger partial charge in [0.15, 0.2) is 0 Å². The Morgan fingerprint density at radius 2 is 1.63 bits per heavy atom. The zero-order valence-corrected chi connectivity index (χ0v) is 14.6. The van der Waals surface area contributed by atoms with E-state index >= 15 is 0 Å². The van der Waals surface area contributed by atoms with Crippen LogP contribution in [-0.2, 0) is 13.1 Å². The molecule has 0 spiro atoms. The Balaban J connectivity index is 1.53. The molecular formula is C20H19N3O4. The van der Waals surface area contributed by atoms with Crippen molar-refractivity contribution in [2.24, 2.45) is 0 Å². The molecule has 1 fully saturated rings. The highest BCUT2D eigenvalue weighted by Gasteiger charge is 2.22. The Morgan fingerprint density at radius 1 is 1.00 bits per heavy atom. The molecule has 3 amide bonds. The molecule has 7 heteroatoms. The van der Waals surface area contributed by atoms with E-state index in [9.17, 15) is 9.59 Å². The summed E-state index contributed by atoms with van der Waals surface area (Å²) in [5.74, 6) is 1.25. The van der Waals surface area contributed by atoms with E-state index in [0.29, 0.717) is 43.3 Å².